The molecule has 0 radical (unpaired) electrons. The molecule has 0 aliphatic carbocycles. The van der Waals surface area contributed by atoms with Gasteiger partial charge >= 0.3 is 0 Å². The molecule has 4 rings (SSSR count). The number of amides is 1. The van der Waals surface area contributed by atoms with Crippen LogP contribution < -0.4 is 4.90 Å². The van der Waals surface area contributed by atoms with Crippen LogP contribution in [0.1, 0.15) is 28.4 Å². The number of benzene rings is 2. The standard InChI is InChI=1S/C20H19N3O/c1-15-12-18-4-2-3-5-19(18)23(15)20(24)17-8-6-16(7-9-17)13-22-11-10-21-14-22/h2-11,14-15H,12-13H2,1H3/t15-/m0/s1. The molecule has 0 saturated carbocycles. The van der Waals surface area contributed by atoms with Crippen molar-refractivity contribution in [2.45, 2.75) is 25.9 Å². The summed E-state index contributed by atoms with van der Waals surface area (Å²) in [6.45, 7) is 2.86. The van der Waals surface area contributed by atoms with Crippen molar-refractivity contribution in [2.24, 2.45) is 0 Å². The van der Waals surface area contributed by atoms with Gasteiger partial charge in [0, 0.05) is 36.2 Å². The highest BCUT2D eigenvalue weighted by Crippen LogP contribution is 2.33. The number of hydrogen-bond donors (Lipinski definition) is 0. The monoisotopic (exact) mass is 317 g/mol. The van der Waals surface area contributed by atoms with Gasteiger partial charge in [0.1, 0.15) is 0 Å². The zero-order chi connectivity index (χ0) is 16.5. The summed E-state index contributed by atoms with van der Waals surface area (Å²) >= 11 is 0. The van der Waals surface area contributed by atoms with Gasteiger partial charge in [-0.1, -0.05) is 30.3 Å². The number of rotatable bonds is 3. The molecule has 1 aliphatic heterocycles. The fourth-order valence-electron chi connectivity index (χ4n) is 3.36. The topological polar surface area (TPSA) is 38.1 Å². The fraction of sp³-hybridized carbons (Fsp3) is 0.200. The minimum Gasteiger partial charge on any atom is -0.333 e. The lowest BCUT2D eigenvalue weighted by Crippen LogP contribution is -2.35. The third-order valence-corrected chi connectivity index (χ3v) is 4.55. The smallest absolute Gasteiger partial charge is 0.258 e. The molecule has 1 aliphatic rings. The zero-order valence-corrected chi connectivity index (χ0v) is 13.6. The molecule has 1 aromatic heterocycles. The molecule has 4 nitrogen and oxygen atoms in total. The summed E-state index contributed by atoms with van der Waals surface area (Å²) in [5.41, 5.74) is 4.17. The molecule has 120 valence electrons. The number of fused-ring (bicyclic) bond motifs is 1. The van der Waals surface area contributed by atoms with Crippen molar-refractivity contribution in [3.8, 4) is 0 Å². The Labute approximate surface area is 141 Å². The van der Waals surface area contributed by atoms with E-state index in [-0.39, 0.29) is 11.9 Å². The van der Waals surface area contributed by atoms with Gasteiger partial charge in [-0.2, -0.15) is 0 Å². The number of aromatic nitrogens is 2. The van der Waals surface area contributed by atoms with Crippen molar-refractivity contribution in [1.29, 1.82) is 0 Å². The molecule has 4 heteroatoms. The Balaban J connectivity index is 1.56. The second kappa shape index (κ2) is 5.96. The largest absolute Gasteiger partial charge is 0.333 e. The molecule has 0 spiro atoms. The molecule has 24 heavy (non-hydrogen) atoms. The van der Waals surface area contributed by atoms with Gasteiger partial charge in [-0.15, -0.1) is 0 Å². The van der Waals surface area contributed by atoms with Crippen LogP contribution in [0.5, 0.6) is 0 Å². The van der Waals surface area contributed by atoms with Gasteiger partial charge in [-0.05, 0) is 42.7 Å². The van der Waals surface area contributed by atoms with E-state index in [9.17, 15) is 4.79 Å². The Bertz CT molecular complexity index is 853. The summed E-state index contributed by atoms with van der Waals surface area (Å²) in [6, 6.07) is 16.2. The third kappa shape index (κ3) is 2.60. The van der Waals surface area contributed by atoms with E-state index in [0.29, 0.717) is 0 Å². The summed E-state index contributed by atoms with van der Waals surface area (Å²) in [6.07, 6.45) is 6.41. The van der Waals surface area contributed by atoms with E-state index in [1.165, 1.54) is 5.56 Å². The van der Waals surface area contributed by atoms with Crippen LogP contribution in [0.2, 0.25) is 0 Å². The van der Waals surface area contributed by atoms with E-state index in [2.05, 4.69) is 18.0 Å². The number of anilines is 1. The molecule has 1 amide bonds. The lowest BCUT2D eigenvalue weighted by atomic mass is 10.1. The van der Waals surface area contributed by atoms with Crippen LogP contribution in [0.3, 0.4) is 0 Å². The Morgan fingerprint density at radius 2 is 1.96 bits per heavy atom. The van der Waals surface area contributed by atoms with Crippen molar-refractivity contribution in [1.82, 2.24) is 9.55 Å². The first kappa shape index (κ1) is 14.7. The van der Waals surface area contributed by atoms with Crippen LogP contribution in [-0.2, 0) is 13.0 Å². The van der Waals surface area contributed by atoms with Gasteiger partial charge in [0.05, 0.1) is 6.33 Å². The minimum absolute atomic E-state index is 0.0710. The summed E-state index contributed by atoms with van der Waals surface area (Å²) in [5.74, 6) is 0.0710. The average Bonchev–Trinajstić information content (AvgIpc) is 3.21. The van der Waals surface area contributed by atoms with E-state index in [0.717, 1.165) is 29.8 Å². The predicted molar refractivity (Wildman–Crippen MR) is 94.2 cm³/mol. The molecular formula is C20H19N3O. The molecule has 0 saturated heterocycles. The molecule has 0 N–H and O–H groups in total. The minimum atomic E-state index is 0.0710. The third-order valence-electron chi connectivity index (χ3n) is 4.55. The van der Waals surface area contributed by atoms with Gasteiger partial charge < -0.3 is 9.47 Å². The molecule has 3 aromatic rings. The van der Waals surface area contributed by atoms with Crippen LogP contribution in [0.15, 0.2) is 67.3 Å². The van der Waals surface area contributed by atoms with E-state index in [1.54, 1.807) is 12.5 Å². The van der Waals surface area contributed by atoms with Crippen molar-refractivity contribution in [2.75, 3.05) is 4.90 Å². The molecular weight excluding hydrogens is 298 g/mol. The second-order valence-corrected chi connectivity index (χ2v) is 6.29. The van der Waals surface area contributed by atoms with Crippen LogP contribution in [-0.4, -0.2) is 21.5 Å². The van der Waals surface area contributed by atoms with Crippen molar-refractivity contribution in [3.63, 3.8) is 0 Å². The average molecular weight is 317 g/mol. The van der Waals surface area contributed by atoms with Gasteiger partial charge in [0.15, 0.2) is 0 Å². The number of carbonyl (C=O) groups excluding carboxylic acids is 1. The van der Waals surface area contributed by atoms with Gasteiger partial charge in [0.25, 0.3) is 5.91 Å². The summed E-state index contributed by atoms with van der Waals surface area (Å²) in [4.78, 5) is 18.9. The number of para-hydroxylation sites is 1. The van der Waals surface area contributed by atoms with E-state index in [4.69, 9.17) is 0 Å². The van der Waals surface area contributed by atoms with Gasteiger partial charge in [0.2, 0.25) is 0 Å². The summed E-state index contributed by atoms with van der Waals surface area (Å²) < 4.78 is 2.01. The van der Waals surface area contributed by atoms with Crippen LogP contribution >= 0.6 is 0 Å². The van der Waals surface area contributed by atoms with Gasteiger partial charge in [-0.25, -0.2) is 4.98 Å². The first-order valence-electron chi connectivity index (χ1n) is 8.18. The van der Waals surface area contributed by atoms with E-state index >= 15 is 0 Å². The second-order valence-electron chi connectivity index (χ2n) is 6.29. The number of carbonyl (C=O) groups is 1. The first-order valence-corrected chi connectivity index (χ1v) is 8.18. The normalized spacial score (nSPS) is 16.2. The Kier molecular flexibility index (Phi) is 3.65. The molecule has 0 unspecified atom stereocenters. The van der Waals surface area contributed by atoms with Crippen molar-refractivity contribution >= 4 is 11.6 Å². The molecule has 2 heterocycles. The van der Waals surface area contributed by atoms with E-state index < -0.39 is 0 Å². The fourth-order valence-corrected chi connectivity index (χ4v) is 3.36. The Morgan fingerprint density at radius 1 is 1.17 bits per heavy atom. The maximum atomic E-state index is 13.0. The Hall–Kier alpha value is -2.88. The molecule has 0 fully saturated rings. The predicted octanol–water partition coefficient (Wildman–Crippen LogP) is 3.52. The van der Waals surface area contributed by atoms with Crippen LogP contribution in [0.4, 0.5) is 5.69 Å². The Morgan fingerprint density at radius 3 is 2.71 bits per heavy atom. The highest BCUT2D eigenvalue weighted by molar-refractivity contribution is 6.07. The quantitative estimate of drug-likeness (QED) is 0.741. The first-order chi connectivity index (χ1) is 11.7. The maximum absolute atomic E-state index is 13.0. The molecule has 0 bridgehead atoms. The molecule has 1 atom stereocenters. The van der Waals surface area contributed by atoms with Crippen LogP contribution in [0, 0.1) is 0 Å². The van der Waals surface area contributed by atoms with Gasteiger partial charge in [-0.3, -0.25) is 4.79 Å². The molecule has 2 aromatic carbocycles. The number of imidazole rings is 1. The number of nitrogens with zero attached hydrogens (tertiary/aromatic N) is 3. The lowest BCUT2D eigenvalue weighted by Gasteiger charge is -2.23. The lowest BCUT2D eigenvalue weighted by molar-refractivity contribution is 0.0981. The van der Waals surface area contributed by atoms with Crippen molar-refractivity contribution in [3.05, 3.63) is 83.9 Å². The maximum Gasteiger partial charge on any atom is 0.258 e. The highest BCUT2D eigenvalue weighted by atomic mass is 16.2. The zero-order valence-electron chi connectivity index (χ0n) is 13.6. The van der Waals surface area contributed by atoms with Crippen LogP contribution in [0.25, 0.3) is 0 Å². The SMILES string of the molecule is C[C@H]1Cc2ccccc2N1C(=O)c1ccc(Cn2ccnc2)cc1. The highest BCUT2D eigenvalue weighted by Gasteiger charge is 2.31. The van der Waals surface area contributed by atoms with E-state index in [1.807, 2.05) is 58.1 Å². The number of hydrogen-bond acceptors (Lipinski definition) is 2. The summed E-state index contributed by atoms with van der Waals surface area (Å²) in [5, 5.41) is 0. The van der Waals surface area contributed by atoms with Crippen molar-refractivity contribution < 1.29 is 4.79 Å². The summed E-state index contributed by atoms with van der Waals surface area (Å²) in [7, 11) is 0.